The van der Waals surface area contributed by atoms with Crippen LogP contribution in [0.2, 0.25) is 0 Å². The molecule has 3 heterocycles. The minimum Gasteiger partial charge on any atom is -0.341 e. The lowest BCUT2D eigenvalue weighted by molar-refractivity contribution is 0.0800. The quantitative estimate of drug-likeness (QED) is 0.714. The molecule has 0 unspecified atom stereocenters. The number of aromatic nitrogens is 4. The maximum Gasteiger partial charge on any atom is 0.265 e. The molecule has 126 valence electrons. The van der Waals surface area contributed by atoms with E-state index in [0.717, 1.165) is 27.8 Å². The van der Waals surface area contributed by atoms with E-state index in [9.17, 15) is 4.79 Å². The highest BCUT2D eigenvalue weighted by Gasteiger charge is 2.23. The van der Waals surface area contributed by atoms with E-state index in [2.05, 4.69) is 29.0 Å². The molecule has 0 aromatic carbocycles. The number of likely N-dealkylation sites (N-methyl/N-ethyl adjacent to an activating group) is 1. The summed E-state index contributed by atoms with van der Waals surface area (Å²) >= 11 is 1.41. The predicted molar refractivity (Wildman–Crippen MR) is 94.6 cm³/mol. The fourth-order valence-electron chi connectivity index (χ4n) is 2.62. The van der Waals surface area contributed by atoms with E-state index < -0.39 is 0 Å². The molecule has 0 N–H and O–H groups in total. The van der Waals surface area contributed by atoms with Crippen LogP contribution < -0.4 is 0 Å². The summed E-state index contributed by atoms with van der Waals surface area (Å²) < 4.78 is 2.00. The molecule has 0 saturated heterocycles. The first-order valence-electron chi connectivity index (χ1n) is 7.97. The summed E-state index contributed by atoms with van der Waals surface area (Å²) in [5, 5.41) is 8.44. The van der Waals surface area contributed by atoms with Crippen molar-refractivity contribution in [1.82, 2.24) is 24.5 Å². The molecule has 7 heteroatoms. The number of amides is 1. The van der Waals surface area contributed by atoms with Gasteiger partial charge < -0.3 is 4.90 Å². The van der Waals surface area contributed by atoms with Crippen LogP contribution in [-0.2, 0) is 6.42 Å². The molecule has 0 bridgehead atoms. The Balaban J connectivity index is 1.79. The van der Waals surface area contributed by atoms with Crippen molar-refractivity contribution in [3.8, 4) is 0 Å². The number of pyridine rings is 1. The number of hydrogen-bond donors (Lipinski definition) is 0. The predicted octanol–water partition coefficient (Wildman–Crippen LogP) is 2.93. The van der Waals surface area contributed by atoms with Crippen molar-refractivity contribution in [2.45, 2.75) is 33.1 Å². The van der Waals surface area contributed by atoms with Gasteiger partial charge in [0, 0.05) is 37.6 Å². The summed E-state index contributed by atoms with van der Waals surface area (Å²) in [4.78, 5) is 20.1. The first-order chi connectivity index (χ1) is 11.5. The fraction of sp³-hybridized carbons (Fsp3) is 0.412. The van der Waals surface area contributed by atoms with Crippen molar-refractivity contribution in [2.24, 2.45) is 0 Å². The molecule has 24 heavy (non-hydrogen) atoms. The van der Waals surface area contributed by atoms with Gasteiger partial charge in [-0.05, 0) is 31.0 Å². The number of rotatable bonds is 5. The van der Waals surface area contributed by atoms with Gasteiger partial charge >= 0.3 is 0 Å². The van der Waals surface area contributed by atoms with Crippen LogP contribution in [-0.4, -0.2) is 44.0 Å². The van der Waals surface area contributed by atoms with Crippen LogP contribution >= 0.6 is 11.3 Å². The van der Waals surface area contributed by atoms with Gasteiger partial charge in [-0.1, -0.05) is 25.2 Å². The summed E-state index contributed by atoms with van der Waals surface area (Å²) in [6, 6.07) is 3.95. The smallest absolute Gasteiger partial charge is 0.265 e. The summed E-state index contributed by atoms with van der Waals surface area (Å²) in [5.41, 5.74) is 2.10. The van der Waals surface area contributed by atoms with E-state index in [0.29, 0.717) is 6.54 Å². The molecule has 0 spiro atoms. The number of fused-ring (bicyclic) bond motifs is 1. The Labute approximate surface area is 145 Å². The van der Waals surface area contributed by atoms with Crippen molar-refractivity contribution in [2.75, 3.05) is 13.6 Å². The van der Waals surface area contributed by atoms with Gasteiger partial charge in [0.25, 0.3) is 5.91 Å². The number of hydrogen-bond acceptors (Lipinski definition) is 5. The molecule has 3 aromatic rings. The maximum atomic E-state index is 12.8. The molecule has 6 nitrogen and oxygen atoms in total. The molecule has 0 atom stereocenters. The Hall–Kier alpha value is -2.28. The zero-order valence-electron chi connectivity index (χ0n) is 14.4. The van der Waals surface area contributed by atoms with E-state index in [1.807, 2.05) is 30.5 Å². The lowest BCUT2D eigenvalue weighted by Crippen LogP contribution is -2.28. The first kappa shape index (κ1) is 16.6. The van der Waals surface area contributed by atoms with Gasteiger partial charge in [-0.2, -0.15) is 0 Å². The Morgan fingerprint density at radius 3 is 2.67 bits per heavy atom. The number of aryl methyl sites for hydroxylation is 1. The molecular weight excluding hydrogens is 322 g/mol. The zero-order valence-corrected chi connectivity index (χ0v) is 15.2. The number of nitrogens with zero attached hydrogens (tertiary/aromatic N) is 5. The third-order valence-corrected chi connectivity index (χ3v) is 5.18. The molecule has 3 rings (SSSR count). The summed E-state index contributed by atoms with van der Waals surface area (Å²) in [5.74, 6) is 1.20. The fourth-order valence-corrected chi connectivity index (χ4v) is 3.69. The van der Waals surface area contributed by atoms with Crippen molar-refractivity contribution < 1.29 is 4.79 Å². The number of carbonyl (C=O) groups is 1. The lowest BCUT2D eigenvalue weighted by atomic mass is 10.2. The Morgan fingerprint density at radius 2 is 2.00 bits per heavy atom. The third-order valence-electron chi connectivity index (χ3n) is 4.06. The molecule has 1 amide bonds. The Morgan fingerprint density at radius 1 is 1.29 bits per heavy atom. The molecule has 0 aliphatic heterocycles. The van der Waals surface area contributed by atoms with Crippen LogP contribution in [0.5, 0.6) is 0 Å². The maximum absolute atomic E-state index is 12.8. The van der Waals surface area contributed by atoms with Crippen LogP contribution in [0.4, 0.5) is 0 Å². The van der Waals surface area contributed by atoms with E-state index in [4.69, 9.17) is 0 Å². The Kier molecular flexibility index (Phi) is 4.62. The van der Waals surface area contributed by atoms with E-state index in [1.54, 1.807) is 17.3 Å². The second-order valence-electron chi connectivity index (χ2n) is 6.18. The first-order valence-corrected chi connectivity index (χ1v) is 8.79. The van der Waals surface area contributed by atoms with Gasteiger partial charge in [-0.25, -0.2) is 0 Å². The summed E-state index contributed by atoms with van der Waals surface area (Å²) in [7, 11) is 1.84. The van der Waals surface area contributed by atoms with Crippen LogP contribution in [0.3, 0.4) is 0 Å². The second-order valence-corrected chi connectivity index (χ2v) is 7.16. The van der Waals surface area contributed by atoms with E-state index in [1.165, 1.54) is 16.9 Å². The van der Waals surface area contributed by atoms with Crippen LogP contribution in [0.15, 0.2) is 24.5 Å². The molecule has 0 aliphatic rings. The lowest BCUT2D eigenvalue weighted by Gasteiger charge is -2.16. The van der Waals surface area contributed by atoms with Crippen molar-refractivity contribution in [3.05, 3.63) is 46.5 Å². The molecule has 0 radical (unpaired) electrons. The monoisotopic (exact) mass is 343 g/mol. The third kappa shape index (κ3) is 3.03. The second kappa shape index (κ2) is 6.68. The minimum absolute atomic E-state index is 0.0340. The van der Waals surface area contributed by atoms with Gasteiger partial charge in [0.2, 0.25) is 4.96 Å². The van der Waals surface area contributed by atoms with Gasteiger partial charge in [-0.15, -0.1) is 10.2 Å². The van der Waals surface area contributed by atoms with Crippen molar-refractivity contribution in [1.29, 1.82) is 0 Å². The summed E-state index contributed by atoms with van der Waals surface area (Å²) in [6.45, 7) is 6.78. The van der Waals surface area contributed by atoms with Crippen LogP contribution in [0, 0.1) is 6.92 Å². The molecule has 0 saturated carbocycles. The van der Waals surface area contributed by atoms with E-state index in [-0.39, 0.29) is 11.8 Å². The average Bonchev–Trinajstić information content (AvgIpc) is 3.13. The number of carbonyl (C=O) groups excluding carboxylic acids is 1. The van der Waals surface area contributed by atoms with Gasteiger partial charge in [0.05, 0.1) is 0 Å². The topological polar surface area (TPSA) is 63.4 Å². The zero-order chi connectivity index (χ0) is 17.3. The standard InChI is InChI=1S/C17H21N5OS/c1-11(2)15-19-20-17-22(15)12(3)14(24-17)16(23)21(4)10-7-13-5-8-18-9-6-13/h5-6,8-9,11H,7,10H2,1-4H3. The van der Waals surface area contributed by atoms with Crippen LogP contribution in [0.1, 0.15) is 46.5 Å². The highest BCUT2D eigenvalue weighted by atomic mass is 32.1. The SMILES string of the molecule is Cc1c(C(=O)N(C)CCc2ccncc2)sc2nnc(C(C)C)n12. The largest absolute Gasteiger partial charge is 0.341 e. The van der Waals surface area contributed by atoms with Crippen LogP contribution in [0.25, 0.3) is 4.96 Å². The minimum atomic E-state index is 0.0340. The van der Waals surface area contributed by atoms with E-state index >= 15 is 0 Å². The normalized spacial score (nSPS) is 11.4. The molecule has 0 fully saturated rings. The average molecular weight is 343 g/mol. The van der Waals surface area contributed by atoms with Gasteiger partial charge in [-0.3, -0.25) is 14.2 Å². The Bertz CT molecular complexity index is 853. The molecule has 0 aliphatic carbocycles. The van der Waals surface area contributed by atoms with Gasteiger partial charge in [0.15, 0.2) is 0 Å². The highest BCUT2D eigenvalue weighted by molar-refractivity contribution is 7.19. The van der Waals surface area contributed by atoms with Gasteiger partial charge in [0.1, 0.15) is 10.7 Å². The summed E-state index contributed by atoms with van der Waals surface area (Å²) in [6.07, 6.45) is 4.36. The number of thiazole rings is 1. The molecular formula is C17H21N5OS. The van der Waals surface area contributed by atoms with Crippen molar-refractivity contribution >= 4 is 22.2 Å². The molecule has 3 aromatic heterocycles. The van der Waals surface area contributed by atoms with Crippen molar-refractivity contribution in [3.63, 3.8) is 0 Å². The highest BCUT2D eigenvalue weighted by Crippen LogP contribution is 2.26.